The van der Waals surface area contributed by atoms with Gasteiger partial charge in [0.05, 0.1) is 11.1 Å². The molecule has 1 amide bonds. The highest BCUT2D eigenvalue weighted by atomic mass is 35.5. The molecule has 0 spiro atoms. The third-order valence-electron chi connectivity index (χ3n) is 4.85. The van der Waals surface area contributed by atoms with E-state index < -0.39 is 35.1 Å². The Morgan fingerprint density at radius 1 is 1.13 bits per heavy atom. The first-order valence-electron chi connectivity index (χ1n) is 9.01. The third kappa shape index (κ3) is 3.89. The molecule has 1 unspecified atom stereocenters. The van der Waals surface area contributed by atoms with Crippen molar-refractivity contribution in [2.75, 3.05) is 6.54 Å². The molecule has 2 heterocycles. The summed E-state index contributed by atoms with van der Waals surface area (Å²) in [5.74, 6) is -1.56. The largest absolute Gasteiger partial charge is 0.418 e. The Kier molecular flexibility index (Phi) is 5.23. The fourth-order valence-corrected chi connectivity index (χ4v) is 3.57. The number of aromatic nitrogens is 2. The normalized spacial score (nSPS) is 16.8. The molecule has 1 aromatic heterocycles. The first kappa shape index (κ1) is 20.3. The summed E-state index contributed by atoms with van der Waals surface area (Å²) in [5.41, 5.74) is -1.32. The average molecular weight is 440 g/mol. The lowest BCUT2D eigenvalue weighted by molar-refractivity contribution is -0.138. The van der Waals surface area contributed by atoms with Crippen LogP contribution in [0.15, 0.2) is 46.9 Å². The minimum Gasteiger partial charge on any atom is -0.418 e. The van der Waals surface area contributed by atoms with Gasteiger partial charge in [-0.25, -0.2) is 4.39 Å². The van der Waals surface area contributed by atoms with E-state index in [-0.39, 0.29) is 18.3 Å². The lowest BCUT2D eigenvalue weighted by atomic mass is 10.0. The number of amides is 1. The van der Waals surface area contributed by atoms with Gasteiger partial charge in [-0.1, -0.05) is 11.6 Å². The predicted molar refractivity (Wildman–Crippen MR) is 99.2 cm³/mol. The molecule has 0 N–H and O–H groups in total. The molecule has 5 nitrogen and oxygen atoms in total. The SMILES string of the molecule is O=C(c1cc(F)ccc1C(F)(F)F)N1CCCC1c1nnc(-c2ccc(Cl)cc2)o1. The zero-order valence-electron chi connectivity index (χ0n) is 15.3. The molecule has 3 aromatic rings. The second-order valence-corrected chi connectivity index (χ2v) is 7.23. The van der Waals surface area contributed by atoms with Crippen molar-refractivity contribution < 1.29 is 26.8 Å². The van der Waals surface area contributed by atoms with Crippen LogP contribution in [-0.2, 0) is 6.18 Å². The maximum Gasteiger partial charge on any atom is 0.417 e. The first-order chi connectivity index (χ1) is 14.2. The fraction of sp³-hybridized carbons (Fsp3) is 0.250. The Labute approximate surface area is 173 Å². The van der Waals surface area contributed by atoms with Crippen LogP contribution in [0.25, 0.3) is 11.5 Å². The minimum atomic E-state index is -4.79. The van der Waals surface area contributed by atoms with E-state index in [9.17, 15) is 22.4 Å². The Balaban J connectivity index is 1.64. The van der Waals surface area contributed by atoms with Crippen LogP contribution in [0, 0.1) is 5.82 Å². The molecule has 4 rings (SSSR count). The van der Waals surface area contributed by atoms with Crippen molar-refractivity contribution in [1.29, 1.82) is 0 Å². The summed E-state index contributed by atoms with van der Waals surface area (Å²) in [7, 11) is 0. The second kappa shape index (κ2) is 7.71. The van der Waals surface area contributed by atoms with Crippen molar-refractivity contribution in [3.63, 3.8) is 0 Å². The quantitative estimate of drug-likeness (QED) is 0.504. The van der Waals surface area contributed by atoms with Crippen LogP contribution in [0.5, 0.6) is 0 Å². The summed E-state index contributed by atoms with van der Waals surface area (Å²) in [6, 6.07) is 7.81. The van der Waals surface area contributed by atoms with Crippen molar-refractivity contribution in [3.05, 3.63) is 70.3 Å². The number of alkyl halides is 3. The van der Waals surface area contributed by atoms with Crippen LogP contribution in [0.4, 0.5) is 17.6 Å². The maximum atomic E-state index is 13.6. The van der Waals surface area contributed by atoms with Gasteiger partial charge in [0, 0.05) is 17.1 Å². The highest BCUT2D eigenvalue weighted by Crippen LogP contribution is 2.37. The highest BCUT2D eigenvalue weighted by Gasteiger charge is 2.40. The van der Waals surface area contributed by atoms with Gasteiger partial charge in [0.2, 0.25) is 11.8 Å². The van der Waals surface area contributed by atoms with E-state index in [0.717, 1.165) is 0 Å². The number of halogens is 5. The van der Waals surface area contributed by atoms with Gasteiger partial charge in [-0.05, 0) is 55.3 Å². The number of nitrogens with zero attached hydrogens (tertiary/aromatic N) is 3. The fourth-order valence-electron chi connectivity index (χ4n) is 3.44. The number of benzene rings is 2. The van der Waals surface area contributed by atoms with Crippen molar-refractivity contribution >= 4 is 17.5 Å². The van der Waals surface area contributed by atoms with Gasteiger partial charge in [0.1, 0.15) is 11.9 Å². The summed E-state index contributed by atoms with van der Waals surface area (Å²) in [6.07, 6.45) is -3.82. The molecular weight excluding hydrogens is 426 g/mol. The topological polar surface area (TPSA) is 59.2 Å². The monoisotopic (exact) mass is 439 g/mol. The van der Waals surface area contributed by atoms with E-state index in [1.165, 1.54) is 4.90 Å². The van der Waals surface area contributed by atoms with Crippen molar-refractivity contribution in [3.8, 4) is 11.5 Å². The minimum absolute atomic E-state index is 0.107. The van der Waals surface area contributed by atoms with Gasteiger partial charge in [-0.15, -0.1) is 10.2 Å². The molecule has 30 heavy (non-hydrogen) atoms. The number of hydrogen-bond acceptors (Lipinski definition) is 4. The first-order valence-corrected chi connectivity index (χ1v) is 9.39. The number of rotatable bonds is 3. The predicted octanol–water partition coefficient (Wildman–Crippen LogP) is 5.53. The number of hydrogen-bond donors (Lipinski definition) is 0. The Hall–Kier alpha value is -2.94. The molecule has 2 aromatic carbocycles. The van der Waals surface area contributed by atoms with Crippen molar-refractivity contribution in [1.82, 2.24) is 15.1 Å². The molecule has 0 saturated carbocycles. The van der Waals surface area contributed by atoms with Crippen LogP contribution in [0.2, 0.25) is 5.02 Å². The molecule has 1 aliphatic heterocycles. The van der Waals surface area contributed by atoms with Crippen LogP contribution >= 0.6 is 11.6 Å². The van der Waals surface area contributed by atoms with Gasteiger partial charge in [0.25, 0.3) is 5.91 Å². The number of carbonyl (C=O) groups is 1. The van der Waals surface area contributed by atoms with E-state index in [0.29, 0.717) is 41.6 Å². The zero-order chi connectivity index (χ0) is 21.5. The van der Waals surface area contributed by atoms with Gasteiger partial charge < -0.3 is 9.32 Å². The number of likely N-dealkylation sites (tertiary alicyclic amines) is 1. The van der Waals surface area contributed by atoms with Gasteiger partial charge in [0.15, 0.2) is 0 Å². The standard InChI is InChI=1S/C20H14ClF4N3O2/c21-12-5-3-11(4-6-12)17-26-27-18(30-17)16-2-1-9-28(16)19(29)14-10-13(22)7-8-15(14)20(23,24)25/h3-8,10,16H,1-2,9H2. The molecule has 1 fully saturated rings. The lowest BCUT2D eigenvalue weighted by Gasteiger charge is -2.23. The molecule has 1 saturated heterocycles. The average Bonchev–Trinajstić information content (AvgIpc) is 3.36. The molecule has 0 bridgehead atoms. The summed E-state index contributed by atoms with van der Waals surface area (Å²) < 4.78 is 59.3. The molecule has 1 aliphatic rings. The number of carbonyl (C=O) groups excluding carboxylic acids is 1. The van der Waals surface area contributed by atoms with Gasteiger partial charge in [-0.3, -0.25) is 4.79 Å². The van der Waals surface area contributed by atoms with E-state index in [1.54, 1.807) is 24.3 Å². The molecule has 0 radical (unpaired) electrons. The molecule has 10 heteroatoms. The summed E-state index contributed by atoms with van der Waals surface area (Å²) >= 11 is 5.86. The lowest BCUT2D eigenvalue weighted by Crippen LogP contribution is -2.32. The smallest absolute Gasteiger partial charge is 0.417 e. The van der Waals surface area contributed by atoms with Crippen LogP contribution < -0.4 is 0 Å². The van der Waals surface area contributed by atoms with Crippen molar-refractivity contribution in [2.24, 2.45) is 0 Å². The van der Waals surface area contributed by atoms with Crippen LogP contribution in [0.1, 0.15) is 40.7 Å². The highest BCUT2D eigenvalue weighted by molar-refractivity contribution is 6.30. The molecule has 1 atom stereocenters. The third-order valence-corrected chi connectivity index (χ3v) is 5.10. The van der Waals surface area contributed by atoms with E-state index in [4.69, 9.17) is 16.0 Å². The Morgan fingerprint density at radius 2 is 1.87 bits per heavy atom. The van der Waals surface area contributed by atoms with E-state index >= 15 is 0 Å². The van der Waals surface area contributed by atoms with E-state index in [1.807, 2.05) is 0 Å². The molecule has 156 valence electrons. The summed E-state index contributed by atoms with van der Waals surface area (Å²) in [5, 5.41) is 8.46. The van der Waals surface area contributed by atoms with E-state index in [2.05, 4.69) is 10.2 Å². The zero-order valence-corrected chi connectivity index (χ0v) is 16.0. The van der Waals surface area contributed by atoms with Gasteiger partial charge in [-0.2, -0.15) is 13.2 Å². The summed E-state index contributed by atoms with van der Waals surface area (Å²) in [6.45, 7) is 0.190. The second-order valence-electron chi connectivity index (χ2n) is 6.80. The maximum absolute atomic E-state index is 13.6. The molecular formula is C20H14ClF4N3O2. The van der Waals surface area contributed by atoms with Crippen molar-refractivity contribution in [2.45, 2.75) is 25.1 Å². The Bertz CT molecular complexity index is 1080. The Morgan fingerprint density at radius 3 is 2.57 bits per heavy atom. The van der Waals surface area contributed by atoms with Crippen LogP contribution in [0.3, 0.4) is 0 Å². The van der Waals surface area contributed by atoms with Gasteiger partial charge >= 0.3 is 6.18 Å². The van der Waals surface area contributed by atoms with Crippen LogP contribution in [-0.4, -0.2) is 27.5 Å². The molecule has 0 aliphatic carbocycles. The summed E-state index contributed by atoms with van der Waals surface area (Å²) in [4.78, 5) is 14.1.